The van der Waals surface area contributed by atoms with Crippen LogP contribution in [-0.4, -0.2) is 24.6 Å². The third-order valence-electron chi connectivity index (χ3n) is 10.9. The van der Waals surface area contributed by atoms with Gasteiger partial charge in [0, 0.05) is 28.1 Å². The van der Waals surface area contributed by atoms with Crippen molar-refractivity contribution < 1.29 is 9.05 Å². The summed E-state index contributed by atoms with van der Waals surface area (Å²) in [5, 5.41) is 9.70. The Morgan fingerprint density at radius 1 is 0.545 bits per heavy atom. The lowest BCUT2D eigenvalue weighted by molar-refractivity contribution is 0.142. The fourth-order valence-corrected chi connectivity index (χ4v) is 13.2. The summed E-state index contributed by atoms with van der Waals surface area (Å²) in [6.07, 6.45) is 1.91. The van der Waals surface area contributed by atoms with Gasteiger partial charge in [-0.05, 0) is 92.9 Å². The summed E-state index contributed by atoms with van der Waals surface area (Å²) in [5.74, 6) is 0.849. The minimum atomic E-state index is -3.13. The number of anilines is 3. The molecule has 264 valence electrons. The summed E-state index contributed by atoms with van der Waals surface area (Å²) in [4.78, 5) is 11.2. The highest BCUT2D eigenvalue weighted by molar-refractivity contribution is 7.20. The maximum Gasteiger partial charge on any atom is 0.179 e. The number of fused-ring (bicyclic) bond motifs is 4. The van der Waals surface area contributed by atoms with Crippen LogP contribution in [0.15, 0.2) is 194 Å². The number of nitrogens with zero attached hydrogens (tertiary/aromatic N) is 4. The largest absolute Gasteiger partial charge is 0.294 e. The number of rotatable bonds is 7. The normalized spacial score (nSPS) is 13.8. The molecule has 1 aliphatic heterocycles. The van der Waals surface area contributed by atoms with Crippen LogP contribution < -0.4 is 30.9 Å². The molecule has 0 spiro atoms. The summed E-state index contributed by atoms with van der Waals surface area (Å²) < 4.78 is 27.1. The predicted molar refractivity (Wildman–Crippen MR) is 230 cm³/mol. The SMILES string of the molecule is [2H]C([2H])([2H])N1ON(c2cccc([Si](c3ccccc3)(c3ccccc3)c3ccc4c5ccccc5n(-c5cc(-c6ccccc6C)ccn5)c4c3)c2)c2ccccc21. The zero-order valence-electron chi connectivity index (χ0n) is 33.2. The molecule has 0 radical (unpaired) electrons. The minimum Gasteiger partial charge on any atom is -0.294 e. The quantitative estimate of drug-likeness (QED) is 0.121. The smallest absolute Gasteiger partial charge is 0.179 e. The zero-order valence-corrected chi connectivity index (χ0v) is 31.2. The van der Waals surface area contributed by atoms with Crippen LogP contribution in [-0.2, 0) is 4.94 Å². The molecule has 10 rings (SSSR count). The average Bonchev–Trinajstić information content (AvgIpc) is 3.82. The first-order valence-corrected chi connectivity index (χ1v) is 20.5. The van der Waals surface area contributed by atoms with E-state index >= 15 is 0 Å². The predicted octanol–water partition coefficient (Wildman–Crippen LogP) is 8.97. The van der Waals surface area contributed by atoms with E-state index in [4.69, 9.17) is 14.0 Å². The Balaban J connectivity index is 1.24. The number of hydrogen-bond donors (Lipinski definition) is 0. The molecule has 0 atom stereocenters. The molecule has 0 bridgehead atoms. The topological polar surface area (TPSA) is 33.5 Å². The summed E-state index contributed by atoms with van der Waals surface area (Å²) in [7, 11) is -3.13. The van der Waals surface area contributed by atoms with Gasteiger partial charge in [0.25, 0.3) is 0 Å². The molecule has 0 saturated carbocycles. The van der Waals surface area contributed by atoms with Gasteiger partial charge >= 0.3 is 0 Å². The molecule has 0 unspecified atom stereocenters. The Bertz CT molecular complexity index is 2930. The molecule has 6 heteroatoms. The molecule has 7 aromatic carbocycles. The van der Waals surface area contributed by atoms with Crippen molar-refractivity contribution in [1.82, 2.24) is 9.55 Å². The van der Waals surface area contributed by atoms with Crippen LogP contribution >= 0.6 is 0 Å². The molecule has 0 aliphatic carbocycles. The second-order valence-electron chi connectivity index (χ2n) is 14.0. The lowest BCUT2D eigenvalue weighted by Gasteiger charge is -2.35. The summed E-state index contributed by atoms with van der Waals surface area (Å²) in [5.41, 5.74) is 7.53. The second kappa shape index (κ2) is 13.3. The van der Waals surface area contributed by atoms with Gasteiger partial charge in [-0.15, -0.1) is 4.94 Å². The Morgan fingerprint density at radius 2 is 1.20 bits per heavy atom. The minimum absolute atomic E-state index is 0.487. The van der Waals surface area contributed by atoms with Crippen LogP contribution in [0.4, 0.5) is 17.1 Å². The van der Waals surface area contributed by atoms with Crippen molar-refractivity contribution in [3.63, 3.8) is 0 Å². The third-order valence-corrected chi connectivity index (χ3v) is 15.7. The molecular formula is C49H38N4OSi. The van der Waals surface area contributed by atoms with Crippen LogP contribution in [0, 0.1) is 6.92 Å². The standard InChI is InChI=1S/C49H38N4OSi/c1-35-16-9-10-23-42(35)36-30-31-50-49(32-36)52-45-25-12-11-24-43(45)44-29-28-41(34-48(44)52)55(38-18-5-3-6-19-38,39-20-7-4-8-21-39)40-22-15-17-37(33-40)53-47-27-14-13-26-46(47)51(2)54-53/h3-34H,1-2H3/i2D3. The van der Waals surface area contributed by atoms with E-state index in [1.165, 1.54) is 26.7 Å². The monoisotopic (exact) mass is 729 g/mol. The molecule has 2 aromatic heterocycles. The first-order chi connectivity index (χ1) is 28.3. The van der Waals surface area contributed by atoms with Gasteiger partial charge in [0.15, 0.2) is 8.07 Å². The number of benzene rings is 7. The third kappa shape index (κ3) is 5.29. The highest BCUT2D eigenvalue weighted by Gasteiger charge is 2.42. The average molecular weight is 730 g/mol. The second-order valence-corrected chi connectivity index (χ2v) is 17.8. The van der Waals surface area contributed by atoms with Crippen LogP contribution in [0.2, 0.25) is 0 Å². The highest BCUT2D eigenvalue weighted by Crippen LogP contribution is 2.40. The van der Waals surface area contributed by atoms with Gasteiger partial charge in [-0.25, -0.2) is 10.0 Å². The molecule has 5 nitrogen and oxygen atoms in total. The molecule has 9 aromatic rings. The molecule has 3 heterocycles. The van der Waals surface area contributed by atoms with Crippen LogP contribution in [0.5, 0.6) is 0 Å². The van der Waals surface area contributed by atoms with Crippen LogP contribution in [0.25, 0.3) is 38.8 Å². The van der Waals surface area contributed by atoms with Gasteiger partial charge in [0.2, 0.25) is 0 Å². The number of para-hydroxylation sites is 3. The van der Waals surface area contributed by atoms with E-state index in [0.717, 1.165) is 49.1 Å². The molecule has 1 aliphatic rings. The lowest BCUT2D eigenvalue weighted by Crippen LogP contribution is -2.74. The molecule has 0 N–H and O–H groups in total. The molecular weight excluding hydrogens is 689 g/mol. The van der Waals surface area contributed by atoms with Gasteiger partial charge in [-0.1, -0.05) is 140 Å². The summed E-state index contributed by atoms with van der Waals surface area (Å²) >= 11 is 0. The number of aromatic nitrogens is 2. The molecule has 0 fully saturated rings. The summed E-state index contributed by atoms with van der Waals surface area (Å²) in [6.45, 7) is -0.357. The van der Waals surface area contributed by atoms with Crippen LogP contribution in [0.3, 0.4) is 0 Å². The molecule has 0 amide bonds. The zero-order chi connectivity index (χ0) is 39.4. The Morgan fingerprint density at radius 3 is 1.98 bits per heavy atom. The van der Waals surface area contributed by atoms with Crippen molar-refractivity contribution in [3.8, 4) is 16.9 Å². The van der Waals surface area contributed by atoms with E-state index in [9.17, 15) is 0 Å². The van der Waals surface area contributed by atoms with Gasteiger partial charge in [0.05, 0.1) is 28.1 Å². The maximum absolute atomic E-state index is 8.25. The highest BCUT2D eigenvalue weighted by atomic mass is 28.3. The van der Waals surface area contributed by atoms with Gasteiger partial charge < -0.3 is 0 Å². The van der Waals surface area contributed by atoms with Crippen molar-refractivity contribution in [1.29, 1.82) is 0 Å². The lowest BCUT2D eigenvalue weighted by atomic mass is 10.0. The van der Waals surface area contributed by atoms with Crippen LogP contribution in [0.1, 0.15) is 9.68 Å². The van der Waals surface area contributed by atoms with Crippen molar-refractivity contribution in [2.75, 3.05) is 17.1 Å². The van der Waals surface area contributed by atoms with Gasteiger partial charge in [0.1, 0.15) is 5.82 Å². The van der Waals surface area contributed by atoms with E-state index in [1.54, 1.807) is 11.1 Å². The Kier molecular flexibility index (Phi) is 7.17. The van der Waals surface area contributed by atoms with E-state index in [0.29, 0.717) is 11.4 Å². The number of pyridine rings is 1. The maximum atomic E-state index is 8.25. The van der Waals surface area contributed by atoms with E-state index < -0.39 is 15.0 Å². The van der Waals surface area contributed by atoms with E-state index in [2.05, 4.69) is 169 Å². The van der Waals surface area contributed by atoms with E-state index in [-0.39, 0.29) is 0 Å². The van der Waals surface area contributed by atoms with Crippen molar-refractivity contribution in [2.24, 2.45) is 0 Å². The summed E-state index contributed by atoms with van der Waals surface area (Å²) in [6, 6.07) is 65.7. The Hall–Kier alpha value is -6.73. The van der Waals surface area contributed by atoms with E-state index in [1.807, 2.05) is 30.5 Å². The first kappa shape index (κ1) is 29.7. The number of hydroxylamine groups is 1. The van der Waals surface area contributed by atoms with Crippen molar-refractivity contribution in [3.05, 3.63) is 200 Å². The fourth-order valence-electron chi connectivity index (χ4n) is 8.46. The number of aryl methyl sites for hydroxylation is 1. The fraction of sp³-hybridized carbons (Fsp3) is 0.0408. The van der Waals surface area contributed by atoms with Gasteiger partial charge in [-0.2, -0.15) is 5.06 Å². The Labute approximate surface area is 326 Å². The van der Waals surface area contributed by atoms with Crippen molar-refractivity contribution in [2.45, 2.75) is 6.92 Å². The number of hydrogen-bond acceptors (Lipinski definition) is 4. The molecule has 55 heavy (non-hydrogen) atoms. The van der Waals surface area contributed by atoms with Gasteiger partial charge in [-0.3, -0.25) is 4.57 Å². The van der Waals surface area contributed by atoms with Crippen molar-refractivity contribution >= 4 is 67.7 Å². The first-order valence-electron chi connectivity index (χ1n) is 20.0. The molecule has 0 saturated heterocycles.